The average Bonchev–Trinajstić information content (AvgIpc) is 3.12. The van der Waals surface area contributed by atoms with Crippen LogP contribution in [0.25, 0.3) is 0 Å². The maximum atomic E-state index is 11.9. The van der Waals surface area contributed by atoms with Gasteiger partial charge in [0.05, 0.1) is 11.5 Å². The van der Waals surface area contributed by atoms with Crippen LogP contribution in [0.4, 0.5) is 0 Å². The van der Waals surface area contributed by atoms with Crippen LogP contribution in [0.3, 0.4) is 0 Å². The molecule has 0 amide bonds. The summed E-state index contributed by atoms with van der Waals surface area (Å²) in [5.41, 5.74) is -0.552. The number of ether oxygens (including phenoxy) is 1. The molecule has 2 unspecified atom stereocenters. The highest BCUT2D eigenvalue weighted by molar-refractivity contribution is 5.76. The van der Waals surface area contributed by atoms with E-state index in [0.29, 0.717) is 18.4 Å². The van der Waals surface area contributed by atoms with E-state index in [-0.39, 0.29) is 6.10 Å². The number of hydrogen-bond donors (Lipinski definition) is 1. The molecule has 3 aliphatic rings. The SMILES string of the molecule is O=C(O)C1(CC2CCCCC2)CCOC1C1CC1. The molecular formula is C15H24O3. The summed E-state index contributed by atoms with van der Waals surface area (Å²) >= 11 is 0. The van der Waals surface area contributed by atoms with Crippen LogP contribution < -0.4 is 0 Å². The van der Waals surface area contributed by atoms with Crippen LogP contribution in [0.2, 0.25) is 0 Å². The predicted molar refractivity (Wildman–Crippen MR) is 68.3 cm³/mol. The minimum atomic E-state index is -0.595. The molecule has 2 saturated carbocycles. The molecule has 18 heavy (non-hydrogen) atoms. The second-order valence-corrected chi connectivity index (χ2v) is 6.55. The van der Waals surface area contributed by atoms with Crippen molar-refractivity contribution in [3.63, 3.8) is 0 Å². The fourth-order valence-corrected chi connectivity index (χ4v) is 4.10. The second kappa shape index (κ2) is 4.84. The summed E-state index contributed by atoms with van der Waals surface area (Å²) in [5, 5.41) is 9.76. The molecule has 3 rings (SSSR count). The van der Waals surface area contributed by atoms with Crippen LogP contribution in [0.15, 0.2) is 0 Å². The molecular weight excluding hydrogens is 228 g/mol. The zero-order chi connectivity index (χ0) is 12.6. The van der Waals surface area contributed by atoms with Crippen LogP contribution in [0.5, 0.6) is 0 Å². The third-order valence-electron chi connectivity index (χ3n) is 5.24. The molecule has 3 heteroatoms. The highest BCUT2D eigenvalue weighted by atomic mass is 16.5. The van der Waals surface area contributed by atoms with Crippen LogP contribution in [0.1, 0.15) is 57.8 Å². The van der Waals surface area contributed by atoms with Gasteiger partial charge in [0.15, 0.2) is 0 Å². The number of carbonyl (C=O) groups is 1. The number of aliphatic carboxylic acids is 1. The summed E-state index contributed by atoms with van der Waals surface area (Å²) in [7, 11) is 0. The summed E-state index contributed by atoms with van der Waals surface area (Å²) in [4.78, 5) is 11.9. The highest BCUT2D eigenvalue weighted by Crippen LogP contribution is 2.52. The van der Waals surface area contributed by atoms with Gasteiger partial charge in [-0.05, 0) is 37.5 Å². The molecule has 0 bridgehead atoms. The summed E-state index contributed by atoms with van der Waals surface area (Å²) in [6.45, 7) is 0.653. The fraction of sp³-hybridized carbons (Fsp3) is 0.933. The molecule has 0 spiro atoms. The maximum absolute atomic E-state index is 11.9. The fourth-order valence-electron chi connectivity index (χ4n) is 4.10. The molecule has 0 aromatic rings. The Balaban J connectivity index is 1.75. The van der Waals surface area contributed by atoms with Gasteiger partial charge in [0, 0.05) is 6.61 Å². The maximum Gasteiger partial charge on any atom is 0.312 e. The lowest BCUT2D eigenvalue weighted by Gasteiger charge is -2.35. The Kier molecular flexibility index (Phi) is 3.35. The zero-order valence-corrected chi connectivity index (χ0v) is 11.1. The van der Waals surface area contributed by atoms with E-state index >= 15 is 0 Å². The van der Waals surface area contributed by atoms with E-state index in [1.807, 2.05) is 0 Å². The summed E-state index contributed by atoms with van der Waals surface area (Å²) in [5.74, 6) is 0.562. The molecule has 1 heterocycles. The smallest absolute Gasteiger partial charge is 0.312 e. The molecule has 102 valence electrons. The number of carboxylic acid groups (broad SMARTS) is 1. The molecule has 3 fully saturated rings. The monoisotopic (exact) mass is 252 g/mol. The first-order valence-corrected chi connectivity index (χ1v) is 7.57. The minimum Gasteiger partial charge on any atom is -0.481 e. The number of carboxylic acids is 1. The van der Waals surface area contributed by atoms with E-state index < -0.39 is 11.4 Å². The third-order valence-corrected chi connectivity index (χ3v) is 5.24. The second-order valence-electron chi connectivity index (χ2n) is 6.55. The molecule has 3 nitrogen and oxygen atoms in total. The molecule has 1 N–H and O–H groups in total. The van der Waals surface area contributed by atoms with Crippen molar-refractivity contribution in [1.82, 2.24) is 0 Å². The van der Waals surface area contributed by atoms with Crippen LogP contribution in [-0.2, 0) is 9.53 Å². The Labute approximate surface area is 109 Å². The highest BCUT2D eigenvalue weighted by Gasteiger charge is 2.56. The lowest BCUT2D eigenvalue weighted by Crippen LogP contribution is -2.42. The van der Waals surface area contributed by atoms with E-state index in [4.69, 9.17) is 4.74 Å². The molecule has 0 radical (unpaired) electrons. The topological polar surface area (TPSA) is 46.5 Å². The van der Waals surface area contributed by atoms with Gasteiger partial charge in [0.25, 0.3) is 0 Å². The van der Waals surface area contributed by atoms with Crippen molar-refractivity contribution in [3.8, 4) is 0 Å². The van der Waals surface area contributed by atoms with E-state index in [0.717, 1.165) is 12.8 Å². The number of hydrogen-bond acceptors (Lipinski definition) is 2. The van der Waals surface area contributed by atoms with E-state index in [9.17, 15) is 9.90 Å². The van der Waals surface area contributed by atoms with E-state index in [1.54, 1.807) is 0 Å². The van der Waals surface area contributed by atoms with Gasteiger partial charge >= 0.3 is 5.97 Å². The first kappa shape index (κ1) is 12.5. The van der Waals surface area contributed by atoms with Crippen molar-refractivity contribution in [3.05, 3.63) is 0 Å². The van der Waals surface area contributed by atoms with Crippen molar-refractivity contribution in [2.45, 2.75) is 63.9 Å². The number of rotatable bonds is 4. The lowest BCUT2D eigenvalue weighted by molar-refractivity contribution is -0.155. The van der Waals surface area contributed by atoms with Crippen molar-refractivity contribution in [2.75, 3.05) is 6.61 Å². The first-order valence-electron chi connectivity index (χ1n) is 7.57. The zero-order valence-electron chi connectivity index (χ0n) is 11.1. The van der Waals surface area contributed by atoms with Crippen molar-refractivity contribution < 1.29 is 14.6 Å². The summed E-state index contributed by atoms with van der Waals surface area (Å²) < 4.78 is 5.81. The Bertz CT molecular complexity index is 318. The Morgan fingerprint density at radius 1 is 1.17 bits per heavy atom. The predicted octanol–water partition coefficient (Wildman–Crippen LogP) is 3.23. The van der Waals surface area contributed by atoms with Crippen molar-refractivity contribution in [2.24, 2.45) is 17.3 Å². The lowest BCUT2D eigenvalue weighted by atomic mass is 9.69. The van der Waals surface area contributed by atoms with Gasteiger partial charge in [-0.1, -0.05) is 32.1 Å². The standard InChI is InChI=1S/C15H24O3/c16-14(17)15(10-11-4-2-1-3-5-11)8-9-18-13(15)12-6-7-12/h11-13H,1-10H2,(H,16,17). The van der Waals surface area contributed by atoms with Crippen LogP contribution in [-0.4, -0.2) is 23.8 Å². The molecule has 0 aromatic carbocycles. The van der Waals surface area contributed by atoms with Gasteiger partial charge in [-0.3, -0.25) is 4.79 Å². The average molecular weight is 252 g/mol. The molecule has 1 aliphatic heterocycles. The Morgan fingerprint density at radius 3 is 2.50 bits per heavy atom. The van der Waals surface area contributed by atoms with Gasteiger partial charge < -0.3 is 9.84 Å². The molecule has 2 atom stereocenters. The molecule has 1 saturated heterocycles. The summed E-state index contributed by atoms with van der Waals surface area (Å²) in [6.07, 6.45) is 10.3. The van der Waals surface area contributed by atoms with Gasteiger partial charge in [-0.15, -0.1) is 0 Å². The quantitative estimate of drug-likeness (QED) is 0.835. The largest absolute Gasteiger partial charge is 0.481 e. The van der Waals surface area contributed by atoms with Crippen molar-refractivity contribution >= 4 is 5.97 Å². The first-order chi connectivity index (χ1) is 8.72. The van der Waals surface area contributed by atoms with Gasteiger partial charge in [0.2, 0.25) is 0 Å². The molecule has 0 aromatic heterocycles. The van der Waals surface area contributed by atoms with E-state index in [2.05, 4.69) is 0 Å². The summed E-state index contributed by atoms with van der Waals surface area (Å²) in [6, 6.07) is 0. The van der Waals surface area contributed by atoms with E-state index in [1.165, 1.54) is 44.9 Å². The molecule has 2 aliphatic carbocycles. The Morgan fingerprint density at radius 2 is 1.89 bits per heavy atom. The van der Waals surface area contributed by atoms with Crippen LogP contribution >= 0.6 is 0 Å². The Hall–Kier alpha value is -0.570. The minimum absolute atomic E-state index is 0.0110. The normalized spacial score (nSPS) is 37.9. The van der Waals surface area contributed by atoms with Crippen LogP contribution in [0, 0.1) is 17.3 Å². The van der Waals surface area contributed by atoms with Gasteiger partial charge in [0.1, 0.15) is 0 Å². The van der Waals surface area contributed by atoms with Crippen molar-refractivity contribution in [1.29, 1.82) is 0 Å². The van der Waals surface area contributed by atoms with Gasteiger partial charge in [-0.25, -0.2) is 0 Å². The third kappa shape index (κ3) is 2.18. The van der Waals surface area contributed by atoms with Gasteiger partial charge in [-0.2, -0.15) is 0 Å².